The molecule has 1 aromatic carbocycles. The van der Waals surface area contributed by atoms with E-state index >= 15 is 0 Å². The quantitative estimate of drug-likeness (QED) is 0.534. The van der Waals surface area contributed by atoms with E-state index in [0.717, 1.165) is 21.7 Å². The van der Waals surface area contributed by atoms with Crippen molar-refractivity contribution in [3.63, 3.8) is 0 Å². The van der Waals surface area contributed by atoms with Gasteiger partial charge < -0.3 is 9.80 Å². The highest BCUT2D eigenvalue weighted by Crippen LogP contribution is 2.41. The Labute approximate surface area is 209 Å². The molecule has 3 heterocycles. The summed E-state index contributed by atoms with van der Waals surface area (Å²) in [7, 11) is -3.59. The van der Waals surface area contributed by atoms with Gasteiger partial charge in [-0.25, -0.2) is 18.4 Å². The van der Waals surface area contributed by atoms with Crippen LogP contribution in [-0.2, 0) is 14.8 Å². The molecule has 0 radical (unpaired) electrons. The van der Waals surface area contributed by atoms with Crippen LogP contribution in [0.25, 0.3) is 0 Å². The fourth-order valence-corrected chi connectivity index (χ4v) is 6.44. The third kappa shape index (κ3) is 4.76. The van der Waals surface area contributed by atoms with Crippen LogP contribution in [0, 0.1) is 12.3 Å². The third-order valence-electron chi connectivity index (χ3n) is 6.91. The van der Waals surface area contributed by atoms with Crippen molar-refractivity contribution in [1.82, 2.24) is 19.2 Å². The summed E-state index contributed by atoms with van der Waals surface area (Å²) in [6, 6.07) is 8.53. The van der Waals surface area contributed by atoms with E-state index in [1.54, 1.807) is 30.5 Å². The number of aromatic nitrogens is 2. The second-order valence-electron chi connectivity index (χ2n) is 8.96. The van der Waals surface area contributed by atoms with E-state index in [1.165, 1.54) is 4.31 Å². The Kier molecular flexibility index (Phi) is 7.12. The van der Waals surface area contributed by atoms with Gasteiger partial charge in [-0.05, 0) is 57.0 Å². The molecule has 0 atom stereocenters. The average molecular weight is 549 g/mol. The highest BCUT2D eigenvalue weighted by atomic mass is 79.9. The minimum absolute atomic E-state index is 0.0548. The SMILES string of the molecule is C=C(C)C1(C(=O)N2CCN(S(=O)(=O)c3ccc(Br)cc3)CC2)CCN(c2ccnc(C)n2)CC1. The number of nitrogens with zero attached hydrogens (tertiary/aromatic N) is 5. The number of amides is 1. The minimum Gasteiger partial charge on any atom is -0.356 e. The maximum atomic E-state index is 13.7. The average Bonchev–Trinajstić information content (AvgIpc) is 2.84. The summed E-state index contributed by atoms with van der Waals surface area (Å²) in [5.74, 6) is 1.66. The van der Waals surface area contributed by atoms with Crippen molar-refractivity contribution in [3.05, 3.63) is 59.0 Å². The number of halogens is 1. The van der Waals surface area contributed by atoms with Crippen LogP contribution in [0.1, 0.15) is 25.6 Å². The van der Waals surface area contributed by atoms with Gasteiger partial charge in [0.05, 0.1) is 10.3 Å². The first-order chi connectivity index (χ1) is 16.1. The van der Waals surface area contributed by atoms with Gasteiger partial charge >= 0.3 is 0 Å². The van der Waals surface area contributed by atoms with Crippen LogP contribution in [-0.4, -0.2) is 72.8 Å². The summed E-state index contributed by atoms with van der Waals surface area (Å²) in [4.78, 5) is 26.7. The van der Waals surface area contributed by atoms with Gasteiger partial charge in [-0.1, -0.05) is 28.1 Å². The van der Waals surface area contributed by atoms with Gasteiger partial charge in [0, 0.05) is 49.9 Å². The first-order valence-electron chi connectivity index (χ1n) is 11.4. The number of piperazine rings is 1. The van der Waals surface area contributed by atoms with Crippen LogP contribution in [0.4, 0.5) is 5.82 Å². The summed E-state index contributed by atoms with van der Waals surface area (Å²) < 4.78 is 28.3. The van der Waals surface area contributed by atoms with E-state index in [4.69, 9.17) is 0 Å². The van der Waals surface area contributed by atoms with Gasteiger partial charge in [-0.15, -0.1) is 0 Å². The Hall–Kier alpha value is -2.30. The highest BCUT2D eigenvalue weighted by Gasteiger charge is 2.45. The Balaban J connectivity index is 1.43. The molecule has 10 heteroatoms. The van der Waals surface area contributed by atoms with Crippen LogP contribution < -0.4 is 4.90 Å². The van der Waals surface area contributed by atoms with Gasteiger partial charge in [0.2, 0.25) is 15.9 Å². The second kappa shape index (κ2) is 9.75. The number of carbonyl (C=O) groups is 1. The van der Waals surface area contributed by atoms with Crippen LogP contribution in [0.3, 0.4) is 0 Å². The van der Waals surface area contributed by atoms with Crippen molar-refractivity contribution in [2.45, 2.75) is 31.6 Å². The monoisotopic (exact) mass is 547 g/mol. The van der Waals surface area contributed by atoms with Gasteiger partial charge in [-0.3, -0.25) is 4.79 Å². The predicted molar refractivity (Wildman–Crippen MR) is 135 cm³/mol. The smallest absolute Gasteiger partial charge is 0.243 e. The van der Waals surface area contributed by atoms with E-state index in [9.17, 15) is 13.2 Å². The number of piperidine rings is 1. The largest absolute Gasteiger partial charge is 0.356 e. The lowest BCUT2D eigenvalue weighted by Crippen LogP contribution is -2.56. The molecule has 0 aliphatic carbocycles. The van der Waals surface area contributed by atoms with Crippen molar-refractivity contribution in [1.29, 1.82) is 0 Å². The molecule has 2 aromatic rings. The van der Waals surface area contributed by atoms with Crippen LogP contribution in [0.5, 0.6) is 0 Å². The second-order valence-corrected chi connectivity index (χ2v) is 11.8. The number of benzene rings is 1. The number of hydrogen-bond acceptors (Lipinski definition) is 6. The standard InChI is InChI=1S/C24H30BrN5O3S/c1-18(2)24(9-12-28(13-10-24)22-8-11-26-19(3)27-22)23(31)29-14-16-30(17-15-29)34(32,33)21-6-4-20(25)5-7-21/h4-8,11H,1,9-10,12-17H2,2-3H3. The van der Waals surface area contributed by atoms with Gasteiger partial charge in [-0.2, -0.15) is 4.31 Å². The molecular formula is C24H30BrN5O3S. The molecule has 1 aromatic heterocycles. The molecule has 34 heavy (non-hydrogen) atoms. The van der Waals surface area contributed by atoms with E-state index < -0.39 is 15.4 Å². The normalized spacial score (nSPS) is 19.1. The molecule has 182 valence electrons. The molecule has 0 unspecified atom stereocenters. The molecule has 2 saturated heterocycles. The van der Waals surface area contributed by atoms with Crippen LogP contribution in [0.15, 0.2) is 58.0 Å². The summed E-state index contributed by atoms with van der Waals surface area (Å²) >= 11 is 3.34. The summed E-state index contributed by atoms with van der Waals surface area (Å²) in [5, 5.41) is 0. The number of anilines is 1. The zero-order valence-corrected chi connectivity index (χ0v) is 22.0. The molecule has 2 aliphatic rings. The molecule has 0 bridgehead atoms. The number of rotatable bonds is 5. The van der Waals surface area contributed by atoms with E-state index in [1.807, 2.05) is 24.8 Å². The lowest BCUT2D eigenvalue weighted by atomic mass is 9.72. The van der Waals surface area contributed by atoms with Crippen LogP contribution >= 0.6 is 15.9 Å². The first-order valence-corrected chi connectivity index (χ1v) is 13.6. The molecule has 8 nitrogen and oxygen atoms in total. The fourth-order valence-electron chi connectivity index (χ4n) is 4.75. The molecule has 4 rings (SSSR count). The molecule has 0 N–H and O–H groups in total. The number of sulfonamides is 1. The van der Waals surface area contributed by atoms with Gasteiger partial charge in [0.25, 0.3) is 0 Å². The molecular weight excluding hydrogens is 518 g/mol. The molecule has 0 spiro atoms. The predicted octanol–water partition coefficient (Wildman–Crippen LogP) is 3.24. The number of carbonyl (C=O) groups excluding carboxylic acids is 1. The van der Waals surface area contributed by atoms with Crippen LogP contribution in [0.2, 0.25) is 0 Å². The van der Waals surface area contributed by atoms with Gasteiger partial charge in [0.1, 0.15) is 11.6 Å². The molecule has 2 fully saturated rings. The Morgan fingerprint density at radius 2 is 1.65 bits per heavy atom. The number of hydrogen-bond donors (Lipinski definition) is 0. The van der Waals surface area contributed by atoms with Crippen molar-refractivity contribution in [3.8, 4) is 0 Å². The Morgan fingerprint density at radius 1 is 1.03 bits per heavy atom. The molecule has 2 aliphatic heterocycles. The van der Waals surface area contributed by atoms with Crippen molar-refractivity contribution >= 4 is 37.7 Å². The zero-order chi connectivity index (χ0) is 24.5. The highest BCUT2D eigenvalue weighted by molar-refractivity contribution is 9.10. The first kappa shape index (κ1) is 24.8. The maximum Gasteiger partial charge on any atom is 0.243 e. The third-order valence-corrected chi connectivity index (χ3v) is 9.35. The molecule has 0 saturated carbocycles. The van der Waals surface area contributed by atoms with Crippen molar-refractivity contribution in [2.24, 2.45) is 5.41 Å². The van der Waals surface area contributed by atoms with Crippen molar-refractivity contribution in [2.75, 3.05) is 44.2 Å². The van der Waals surface area contributed by atoms with Gasteiger partial charge in [0.15, 0.2) is 0 Å². The van der Waals surface area contributed by atoms with E-state index in [2.05, 4.69) is 37.4 Å². The van der Waals surface area contributed by atoms with E-state index in [-0.39, 0.29) is 23.9 Å². The summed E-state index contributed by atoms with van der Waals surface area (Å²) in [6.07, 6.45) is 3.06. The summed E-state index contributed by atoms with van der Waals surface area (Å²) in [5.41, 5.74) is 0.228. The van der Waals surface area contributed by atoms with E-state index in [0.29, 0.717) is 39.0 Å². The Bertz CT molecular complexity index is 1170. The number of aryl methyl sites for hydroxylation is 1. The Morgan fingerprint density at radius 3 is 2.21 bits per heavy atom. The lowest BCUT2D eigenvalue weighted by molar-refractivity contribution is -0.142. The topological polar surface area (TPSA) is 86.7 Å². The molecule has 1 amide bonds. The minimum atomic E-state index is -3.59. The van der Waals surface area contributed by atoms with Crippen molar-refractivity contribution < 1.29 is 13.2 Å². The zero-order valence-electron chi connectivity index (χ0n) is 19.6. The lowest BCUT2D eigenvalue weighted by Gasteiger charge is -2.45. The summed E-state index contributed by atoms with van der Waals surface area (Å²) in [6.45, 7) is 10.7. The fraction of sp³-hybridized carbons (Fsp3) is 0.458. The maximum absolute atomic E-state index is 13.7.